The molecule has 1 fully saturated rings. The van der Waals surface area contributed by atoms with Gasteiger partial charge in [-0.2, -0.15) is 0 Å². The molecular weight excluding hydrogens is 242 g/mol. The summed E-state index contributed by atoms with van der Waals surface area (Å²) in [6.07, 6.45) is 4.87. The summed E-state index contributed by atoms with van der Waals surface area (Å²) in [6.45, 7) is 6.86. The van der Waals surface area contributed by atoms with Gasteiger partial charge >= 0.3 is 0 Å². The monoisotopic (exact) mass is 273 g/mol. The predicted octanol–water partition coefficient (Wildman–Crippen LogP) is 1.95. The highest BCUT2D eigenvalue weighted by Gasteiger charge is 2.47. The minimum atomic E-state index is -0.308. The van der Waals surface area contributed by atoms with Gasteiger partial charge in [0.2, 0.25) is 0 Å². The minimum absolute atomic E-state index is 0.0193. The van der Waals surface area contributed by atoms with Crippen LogP contribution >= 0.6 is 0 Å². The van der Waals surface area contributed by atoms with Gasteiger partial charge in [0.05, 0.1) is 19.3 Å². The van der Waals surface area contributed by atoms with E-state index in [-0.39, 0.29) is 16.9 Å². The second-order valence-corrected chi connectivity index (χ2v) is 6.52. The van der Waals surface area contributed by atoms with Gasteiger partial charge in [0.15, 0.2) is 0 Å². The molecule has 4 nitrogen and oxygen atoms in total. The molecule has 1 aliphatic rings. The first-order valence-corrected chi connectivity index (χ1v) is 7.43. The van der Waals surface area contributed by atoms with Crippen molar-refractivity contribution in [1.29, 1.82) is 0 Å². The van der Waals surface area contributed by atoms with Gasteiger partial charge in [-0.05, 0) is 31.1 Å². The Bertz CT molecular complexity index is 258. The van der Waals surface area contributed by atoms with Crippen molar-refractivity contribution in [2.45, 2.75) is 52.1 Å². The third kappa shape index (κ3) is 4.42. The van der Waals surface area contributed by atoms with Crippen LogP contribution in [-0.4, -0.2) is 44.7 Å². The Kier molecular flexibility index (Phi) is 6.74. The molecule has 19 heavy (non-hydrogen) atoms. The van der Waals surface area contributed by atoms with Crippen LogP contribution in [0.15, 0.2) is 0 Å². The number of hydrogen-bond acceptors (Lipinski definition) is 4. The van der Waals surface area contributed by atoms with Gasteiger partial charge in [0.1, 0.15) is 0 Å². The van der Waals surface area contributed by atoms with Crippen LogP contribution in [0, 0.1) is 10.8 Å². The lowest BCUT2D eigenvalue weighted by molar-refractivity contribution is -0.0952. The summed E-state index contributed by atoms with van der Waals surface area (Å²) >= 11 is 0. The van der Waals surface area contributed by atoms with Gasteiger partial charge in [-0.15, -0.1) is 0 Å². The van der Waals surface area contributed by atoms with Crippen LogP contribution in [0.3, 0.4) is 0 Å². The van der Waals surface area contributed by atoms with Crippen molar-refractivity contribution < 1.29 is 14.6 Å². The largest absolute Gasteiger partial charge is 0.392 e. The molecule has 0 heterocycles. The normalized spacial score (nSPS) is 30.5. The third-order valence-corrected chi connectivity index (χ3v) is 4.62. The molecule has 0 aromatic carbocycles. The van der Waals surface area contributed by atoms with Gasteiger partial charge < -0.3 is 20.3 Å². The molecule has 1 aliphatic carbocycles. The maximum Gasteiger partial charge on any atom is 0.0700 e. The van der Waals surface area contributed by atoms with Gasteiger partial charge in [-0.1, -0.05) is 20.3 Å². The number of methoxy groups -OCH3 is 1. The zero-order chi connectivity index (χ0) is 14.4. The van der Waals surface area contributed by atoms with E-state index in [1.54, 1.807) is 7.11 Å². The van der Waals surface area contributed by atoms with Crippen molar-refractivity contribution in [2.75, 3.05) is 33.5 Å². The van der Waals surface area contributed by atoms with Crippen molar-refractivity contribution in [3.8, 4) is 0 Å². The fourth-order valence-corrected chi connectivity index (χ4v) is 3.35. The SMILES string of the molecule is COCCOCCCC1(CN)CCCC(C)(C)C1O. The molecule has 0 saturated heterocycles. The van der Waals surface area contributed by atoms with E-state index in [1.165, 1.54) is 0 Å². The zero-order valence-corrected chi connectivity index (χ0v) is 12.8. The predicted molar refractivity (Wildman–Crippen MR) is 77.1 cm³/mol. The first-order valence-electron chi connectivity index (χ1n) is 7.43. The zero-order valence-electron chi connectivity index (χ0n) is 12.8. The molecular formula is C15H31NO3. The van der Waals surface area contributed by atoms with Crippen molar-refractivity contribution >= 4 is 0 Å². The summed E-state index contributed by atoms with van der Waals surface area (Å²) in [7, 11) is 1.67. The van der Waals surface area contributed by atoms with E-state index in [9.17, 15) is 5.11 Å². The van der Waals surface area contributed by atoms with Gasteiger partial charge in [-0.25, -0.2) is 0 Å². The fraction of sp³-hybridized carbons (Fsp3) is 1.00. The molecule has 114 valence electrons. The lowest BCUT2D eigenvalue weighted by Crippen LogP contribution is -2.52. The van der Waals surface area contributed by atoms with Crippen LogP contribution in [-0.2, 0) is 9.47 Å². The smallest absolute Gasteiger partial charge is 0.0700 e. The maximum atomic E-state index is 10.6. The summed E-state index contributed by atoms with van der Waals surface area (Å²) < 4.78 is 10.4. The Morgan fingerprint density at radius 2 is 1.95 bits per heavy atom. The topological polar surface area (TPSA) is 64.7 Å². The lowest BCUT2D eigenvalue weighted by Gasteiger charge is -2.49. The highest BCUT2D eigenvalue weighted by Crippen LogP contribution is 2.48. The summed E-state index contributed by atoms with van der Waals surface area (Å²) in [5.41, 5.74) is 5.85. The fourth-order valence-electron chi connectivity index (χ4n) is 3.35. The van der Waals surface area contributed by atoms with Gasteiger partial charge in [0.25, 0.3) is 0 Å². The summed E-state index contributed by atoms with van der Waals surface area (Å²) in [5.74, 6) is 0. The Labute approximate surface area is 117 Å². The number of aliphatic hydroxyl groups excluding tert-OH is 1. The molecule has 2 unspecified atom stereocenters. The summed E-state index contributed by atoms with van der Waals surface area (Å²) in [6, 6.07) is 0. The lowest BCUT2D eigenvalue weighted by atomic mass is 9.59. The average molecular weight is 273 g/mol. The number of ether oxygens (including phenoxy) is 2. The highest BCUT2D eigenvalue weighted by atomic mass is 16.5. The third-order valence-electron chi connectivity index (χ3n) is 4.62. The standard InChI is InChI=1S/C15H31NO3/c1-14(2)6-4-7-15(12-16,13(14)17)8-5-9-19-11-10-18-3/h13,17H,4-12,16H2,1-3H3. The molecule has 2 atom stereocenters. The number of nitrogens with two attached hydrogens (primary N) is 1. The summed E-state index contributed by atoms with van der Waals surface area (Å²) in [5, 5.41) is 10.6. The molecule has 0 aromatic rings. The first kappa shape index (κ1) is 16.9. The highest BCUT2D eigenvalue weighted by molar-refractivity contribution is 4.98. The van der Waals surface area contributed by atoms with E-state index in [2.05, 4.69) is 13.8 Å². The van der Waals surface area contributed by atoms with E-state index >= 15 is 0 Å². The molecule has 0 spiro atoms. The van der Waals surface area contributed by atoms with E-state index in [4.69, 9.17) is 15.2 Å². The van der Waals surface area contributed by atoms with E-state index in [0.717, 1.165) is 38.7 Å². The first-order chi connectivity index (χ1) is 8.98. The van der Waals surface area contributed by atoms with Crippen LogP contribution in [0.4, 0.5) is 0 Å². The van der Waals surface area contributed by atoms with Crippen LogP contribution in [0.1, 0.15) is 46.0 Å². The number of aliphatic hydroxyl groups is 1. The van der Waals surface area contributed by atoms with Crippen molar-refractivity contribution in [3.05, 3.63) is 0 Å². The second-order valence-electron chi connectivity index (χ2n) is 6.52. The Hall–Kier alpha value is -0.160. The van der Waals surface area contributed by atoms with Crippen LogP contribution in [0.25, 0.3) is 0 Å². The van der Waals surface area contributed by atoms with Crippen molar-refractivity contribution in [1.82, 2.24) is 0 Å². The molecule has 4 heteroatoms. The van der Waals surface area contributed by atoms with Crippen LogP contribution < -0.4 is 5.73 Å². The molecule has 0 amide bonds. The molecule has 0 bridgehead atoms. The molecule has 0 aliphatic heterocycles. The van der Waals surface area contributed by atoms with Crippen molar-refractivity contribution in [3.63, 3.8) is 0 Å². The second kappa shape index (κ2) is 7.58. The molecule has 3 N–H and O–H groups in total. The van der Waals surface area contributed by atoms with E-state index < -0.39 is 0 Å². The van der Waals surface area contributed by atoms with E-state index in [0.29, 0.717) is 19.8 Å². The maximum absolute atomic E-state index is 10.6. The Morgan fingerprint density at radius 1 is 1.21 bits per heavy atom. The van der Waals surface area contributed by atoms with Crippen LogP contribution in [0.5, 0.6) is 0 Å². The Morgan fingerprint density at radius 3 is 2.58 bits per heavy atom. The van der Waals surface area contributed by atoms with Crippen LogP contribution in [0.2, 0.25) is 0 Å². The molecule has 1 saturated carbocycles. The number of hydrogen-bond donors (Lipinski definition) is 2. The summed E-state index contributed by atoms with van der Waals surface area (Å²) in [4.78, 5) is 0. The average Bonchev–Trinajstić information content (AvgIpc) is 2.38. The number of rotatable bonds is 8. The molecule has 1 rings (SSSR count). The molecule has 0 aromatic heterocycles. The Balaban J connectivity index is 2.42. The van der Waals surface area contributed by atoms with E-state index in [1.807, 2.05) is 0 Å². The quantitative estimate of drug-likeness (QED) is 0.663. The van der Waals surface area contributed by atoms with Crippen molar-refractivity contribution in [2.24, 2.45) is 16.6 Å². The minimum Gasteiger partial charge on any atom is -0.392 e. The van der Waals surface area contributed by atoms with Gasteiger partial charge in [-0.3, -0.25) is 0 Å². The molecule has 0 radical (unpaired) electrons. The van der Waals surface area contributed by atoms with Gasteiger partial charge in [0, 0.05) is 25.7 Å².